The predicted molar refractivity (Wildman–Crippen MR) is 103 cm³/mol. The van der Waals surface area contributed by atoms with E-state index in [1.54, 1.807) is 0 Å². The van der Waals surface area contributed by atoms with Crippen LogP contribution in [0, 0.1) is 22.7 Å². The maximum atomic E-state index is 11.9. The van der Waals surface area contributed by atoms with Crippen molar-refractivity contribution in [1.82, 2.24) is 0 Å². The van der Waals surface area contributed by atoms with E-state index in [0.29, 0.717) is 5.92 Å². The summed E-state index contributed by atoms with van der Waals surface area (Å²) >= 11 is 6.00. The van der Waals surface area contributed by atoms with Crippen molar-refractivity contribution in [1.29, 1.82) is 0 Å². The van der Waals surface area contributed by atoms with Gasteiger partial charge in [-0.05, 0) is 40.9 Å². The van der Waals surface area contributed by atoms with Gasteiger partial charge in [0, 0.05) is 5.02 Å². The normalized spacial score (nSPS) is 22.0. The second-order valence-electron chi connectivity index (χ2n) is 8.85. The molecule has 0 bridgehead atoms. The van der Waals surface area contributed by atoms with Gasteiger partial charge < -0.3 is 4.79 Å². The monoisotopic (exact) mass is 344 g/mol. The smallest absolute Gasteiger partial charge is 0.131 e. The lowest BCUT2D eigenvalue weighted by Crippen LogP contribution is -2.30. The van der Waals surface area contributed by atoms with Gasteiger partial charge in [-0.1, -0.05) is 88.6 Å². The summed E-state index contributed by atoms with van der Waals surface area (Å²) in [6.45, 7) is 13.2. The van der Waals surface area contributed by atoms with Crippen molar-refractivity contribution in [3.05, 3.63) is 58.1 Å². The van der Waals surface area contributed by atoms with Gasteiger partial charge in [-0.2, -0.15) is 0 Å². The number of aldehydes is 1. The van der Waals surface area contributed by atoms with Crippen LogP contribution in [0.2, 0.25) is 5.02 Å². The molecule has 0 atom stereocenters. The van der Waals surface area contributed by atoms with Crippen molar-refractivity contribution in [2.45, 2.75) is 48.0 Å². The van der Waals surface area contributed by atoms with Crippen LogP contribution in [0.3, 0.4) is 0 Å². The highest BCUT2D eigenvalue weighted by atomic mass is 35.5. The fraction of sp³-hybridized carbons (Fsp3) is 0.500. The minimum absolute atomic E-state index is 0.0193. The van der Waals surface area contributed by atoms with E-state index in [2.05, 4.69) is 65.8 Å². The zero-order chi connectivity index (χ0) is 18.1. The average molecular weight is 345 g/mol. The van der Waals surface area contributed by atoms with Crippen LogP contribution < -0.4 is 0 Å². The number of hydrogen-bond acceptors (Lipinski definition) is 1. The molecule has 0 saturated heterocycles. The Morgan fingerprint density at radius 1 is 0.917 bits per heavy atom. The Balaban J connectivity index is 2.43. The second kappa shape index (κ2) is 6.88. The lowest BCUT2D eigenvalue weighted by molar-refractivity contribution is -0.110. The van der Waals surface area contributed by atoms with E-state index in [0.717, 1.165) is 17.7 Å². The van der Waals surface area contributed by atoms with E-state index in [4.69, 9.17) is 11.6 Å². The minimum atomic E-state index is -0.105. The van der Waals surface area contributed by atoms with E-state index < -0.39 is 0 Å². The lowest BCUT2D eigenvalue weighted by atomic mass is 9.65. The summed E-state index contributed by atoms with van der Waals surface area (Å²) in [5.41, 5.74) is 3.71. The van der Waals surface area contributed by atoms with Crippen LogP contribution >= 0.6 is 11.6 Å². The van der Waals surface area contributed by atoms with Gasteiger partial charge in [0.1, 0.15) is 6.29 Å². The standard InChI is InChI=1S/C22H29ClO/c1-21(2,3)19-12-16(11-15-7-9-17(23)10-8-15)13-20(18(19)14-24)22(4,5)6/h7-10,12-14,16,18H,11H2,1-6H3. The van der Waals surface area contributed by atoms with Crippen LogP contribution in [0.15, 0.2) is 47.6 Å². The van der Waals surface area contributed by atoms with Crippen molar-refractivity contribution in [2.75, 3.05) is 0 Å². The molecule has 0 spiro atoms. The van der Waals surface area contributed by atoms with Crippen molar-refractivity contribution in [2.24, 2.45) is 22.7 Å². The summed E-state index contributed by atoms with van der Waals surface area (Å²) in [5, 5.41) is 0.764. The number of allylic oxidation sites excluding steroid dienone is 4. The average Bonchev–Trinajstić information content (AvgIpc) is 2.47. The Hall–Kier alpha value is -1.34. The molecule has 24 heavy (non-hydrogen) atoms. The summed E-state index contributed by atoms with van der Waals surface area (Å²) in [7, 11) is 0. The molecule has 1 aliphatic carbocycles. The maximum absolute atomic E-state index is 11.9. The van der Waals surface area contributed by atoms with Gasteiger partial charge in [0.25, 0.3) is 0 Å². The summed E-state index contributed by atoms with van der Waals surface area (Å²) < 4.78 is 0. The first-order valence-electron chi connectivity index (χ1n) is 8.66. The Morgan fingerprint density at radius 3 is 1.75 bits per heavy atom. The third kappa shape index (κ3) is 4.39. The molecule has 0 unspecified atom stereocenters. The highest BCUT2D eigenvalue weighted by molar-refractivity contribution is 6.30. The van der Waals surface area contributed by atoms with E-state index in [9.17, 15) is 4.79 Å². The van der Waals surface area contributed by atoms with Gasteiger partial charge >= 0.3 is 0 Å². The quantitative estimate of drug-likeness (QED) is 0.466. The minimum Gasteiger partial charge on any atom is -0.302 e. The number of hydrogen-bond donors (Lipinski definition) is 0. The number of carbonyl (C=O) groups excluding carboxylic acids is 1. The summed E-state index contributed by atoms with van der Waals surface area (Å²) in [6, 6.07) is 8.06. The molecule has 1 aromatic carbocycles. The summed E-state index contributed by atoms with van der Waals surface area (Å²) in [6.07, 6.45) is 6.67. The molecule has 0 N–H and O–H groups in total. The van der Waals surface area contributed by atoms with Gasteiger partial charge in [-0.15, -0.1) is 0 Å². The van der Waals surface area contributed by atoms with Crippen molar-refractivity contribution in [3.8, 4) is 0 Å². The van der Waals surface area contributed by atoms with Crippen LogP contribution in [0.5, 0.6) is 0 Å². The van der Waals surface area contributed by atoms with Crippen LogP contribution in [-0.2, 0) is 11.2 Å². The van der Waals surface area contributed by atoms with Crippen LogP contribution in [0.4, 0.5) is 0 Å². The van der Waals surface area contributed by atoms with Crippen LogP contribution in [-0.4, -0.2) is 6.29 Å². The molecule has 2 rings (SSSR count). The van der Waals surface area contributed by atoms with Gasteiger partial charge in [0.05, 0.1) is 5.92 Å². The van der Waals surface area contributed by atoms with Crippen LogP contribution in [0.1, 0.15) is 47.1 Å². The third-order valence-corrected chi connectivity index (χ3v) is 4.96. The zero-order valence-corrected chi connectivity index (χ0v) is 16.4. The van der Waals surface area contributed by atoms with Crippen LogP contribution in [0.25, 0.3) is 0 Å². The SMILES string of the molecule is CC(C)(C)C1=CC(Cc2ccc(Cl)cc2)C=C(C(C)(C)C)C1C=O. The molecule has 0 radical (unpaired) electrons. The molecule has 130 valence electrons. The van der Waals surface area contributed by atoms with Gasteiger partial charge in [0.15, 0.2) is 0 Å². The number of benzene rings is 1. The summed E-state index contributed by atoms with van der Waals surface area (Å²) in [5.74, 6) is 0.206. The first kappa shape index (κ1) is 19.0. The van der Waals surface area contributed by atoms with E-state index in [-0.39, 0.29) is 16.7 Å². The van der Waals surface area contributed by atoms with Gasteiger partial charge in [-0.25, -0.2) is 0 Å². The molecule has 1 nitrogen and oxygen atoms in total. The van der Waals surface area contributed by atoms with Crippen molar-refractivity contribution >= 4 is 17.9 Å². The predicted octanol–water partition coefficient (Wildman–Crippen LogP) is 6.27. The number of halogens is 1. The zero-order valence-electron chi connectivity index (χ0n) is 15.7. The molecular formula is C22H29ClO. The van der Waals surface area contributed by atoms with E-state index in [1.165, 1.54) is 16.7 Å². The van der Waals surface area contributed by atoms with E-state index in [1.807, 2.05) is 12.1 Å². The molecule has 1 aromatic rings. The second-order valence-corrected chi connectivity index (χ2v) is 9.29. The number of rotatable bonds is 3. The van der Waals surface area contributed by atoms with Crippen molar-refractivity contribution < 1.29 is 4.79 Å². The molecule has 0 saturated carbocycles. The third-order valence-electron chi connectivity index (χ3n) is 4.71. The Bertz CT molecular complexity index is 619. The van der Waals surface area contributed by atoms with E-state index >= 15 is 0 Å². The summed E-state index contributed by atoms with van der Waals surface area (Å²) in [4.78, 5) is 11.9. The maximum Gasteiger partial charge on any atom is 0.131 e. The molecule has 1 aliphatic rings. The highest BCUT2D eigenvalue weighted by Crippen LogP contribution is 2.45. The first-order valence-corrected chi connectivity index (χ1v) is 9.04. The van der Waals surface area contributed by atoms with Crippen molar-refractivity contribution in [3.63, 3.8) is 0 Å². The Morgan fingerprint density at radius 2 is 1.38 bits per heavy atom. The molecule has 0 fully saturated rings. The largest absolute Gasteiger partial charge is 0.302 e. The fourth-order valence-corrected chi connectivity index (χ4v) is 3.60. The molecule has 0 heterocycles. The molecule has 0 aromatic heterocycles. The topological polar surface area (TPSA) is 17.1 Å². The highest BCUT2D eigenvalue weighted by Gasteiger charge is 2.36. The number of carbonyl (C=O) groups is 1. The van der Waals surface area contributed by atoms with Gasteiger partial charge in [0.2, 0.25) is 0 Å². The molecular weight excluding hydrogens is 316 g/mol. The Kier molecular flexibility index (Phi) is 5.44. The molecule has 0 aliphatic heterocycles. The lowest BCUT2D eigenvalue weighted by Gasteiger charge is -2.39. The fourth-order valence-electron chi connectivity index (χ4n) is 3.47. The Labute approximate surface area is 151 Å². The first-order chi connectivity index (χ1) is 11.0. The molecule has 2 heteroatoms. The molecule has 0 amide bonds. The van der Waals surface area contributed by atoms with Gasteiger partial charge in [-0.3, -0.25) is 0 Å².